The maximum atomic E-state index is 5.61. The van der Waals surface area contributed by atoms with Crippen LogP contribution in [0.25, 0.3) is 0 Å². The lowest BCUT2D eigenvalue weighted by atomic mass is 10.2. The van der Waals surface area contributed by atoms with E-state index in [-0.39, 0.29) is 5.96 Å². The number of hydrogen-bond donors (Lipinski definition) is 2. The third-order valence-corrected chi connectivity index (χ3v) is 2.36. The van der Waals surface area contributed by atoms with Crippen molar-refractivity contribution < 1.29 is 0 Å². The van der Waals surface area contributed by atoms with Crippen molar-refractivity contribution in [1.82, 2.24) is 5.43 Å². The molecule has 100 valence electrons. The molecular weight excluding hydrogens is 250 g/mol. The van der Waals surface area contributed by atoms with E-state index in [0.29, 0.717) is 0 Å². The summed E-state index contributed by atoms with van der Waals surface area (Å²) in [5, 5.41) is 11.6. The summed E-state index contributed by atoms with van der Waals surface area (Å²) in [6, 6.07) is 19.3. The van der Waals surface area contributed by atoms with Gasteiger partial charge in [0.2, 0.25) is 5.96 Å². The largest absolute Gasteiger partial charge is 0.367 e. The summed E-state index contributed by atoms with van der Waals surface area (Å²) in [6.07, 6.45) is 3.28. The predicted molar refractivity (Wildman–Crippen MR) is 82.8 cm³/mol. The van der Waals surface area contributed by atoms with Gasteiger partial charge in [0.1, 0.15) is 0 Å². The lowest BCUT2D eigenvalue weighted by molar-refractivity contribution is 0.994. The molecule has 0 amide bonds. The van der Waals surface area contributed by atoms with E-state index < -0.39 is 0 Å². The number of rotatable bonds is 4. The molecule has 0 fully saturated rings. The average molecular weight is 265 g/mol. The molecule has 0 radical (unpaired) electrons. The lowest BCUT2D eigenvalue weighted by Crippen LogP contribution is -2.26. The van der Waals surface area contributed by atoms with Gasteiger partial charge in [-0.05, 0) is 11.1 Å². The minimum absolute atomic E-state index is 0.129. The van der Waals surface area contributed by atoms with Gasteiger partial charge in [-0.1, -0.05) is 60.7 Å². The first-order valence-corrected chi connectivity index (χ1v) is 6.10. The molecule has 0 bridgehead atoms. The smallest absolute Gasteiger partial charge is 0.234 e. The Hall–Kier alpha value is -2.95. The fourth-order valence-electron chi connectivity index (χ4n) is 1.43. The molecule has 0 spiro atoms. The highest BCUT2D eigenvalue weighted by atomic mass is 15.4. The Kier molecular flexibility index (Phi) is 5.04. The second-order valence-corrected chi connectivity index (χ2v) is 3.92. The molecule has 0 saturated heterocycles. The Morgan fingerprint density at radius 1 is 0.850 bits per heavy atom. The highest BCUT2D eigenvalue weighted by molar-refractivity contribution is 5.84. The number of benzene rings is 2. The van der Waals surface area contributed by atoms with Crippen LogP contribution in [0.4, 0.5) is 0 Å². The van der Waals surface area contributed by atoms with Crippen LogP contribution in [0.2, 0.25) is 0 Å². The van der Waals surface area contributed by atoms with Crippen LogP contribution in [0.5, 0.6) is 0 Å². The van der Waals surface area contributed by atoms with Gasteiger partial charge < -0.3 is 5.73 Å². The molecule has 3 N–H and O–H groups in total. The molecule has 0 aliphatic carbocycles. The number of guanidine groups is 1. The van der Waals surface area contributed by atoms with E-state index in [9.17, 15) is 0 Å². The molecule has 0 aromatic heterocycles. The van der Waals surface area contributed by atoms with E-state index in [1.54, 1.807) is 12.4 Å². The molecule has 2 rings (SSSR count). The first kappa shape index (κ1) is 13.5. The molecule has 0 aliphatic heterocycles. The molecule has 20 heavy (non-hydrogen) atoms. The Balaban J connectivity index is 1.86. The van der Waals surface area contributed by atoms with Crippen molar-refractivity contribution >= 4 is 18.4 Å². The van der Waals surface area contributed by atoms with Gasteiger partial charge in [0.05, 0.1) is 12.4 Å². The van der Waals surface area contributed by atoms with E-state index in [0.717, 1.165) is 11.1 Å². The highest BCUT2D eigenvalue weighted by Gasteiger charge is 1.87. The van der Waals surface area contributed by atoms with Crippen molar-refractivity contribution in [1.29, 1.82) is 0 Å². The van der Waals surface area contributed by atoms with E-state index in [4.69, 9.17) is 5.73 Å². The fourth-order valence-corrected chi connectivity index (χ4v) is 1.43. The number of nitrogens with one attached hydrogen (secondary N) is 1. The predicted octanol–water partition coefficient (Wildman–Crippen LogP) is 1.96. The van der Waals surface area contributed by atoms with Crippen LogP contribution >= 0.6 is 0 Å². The summed E-state index contributed by atoms with van der Waals surface area (Å²) < 4.78 is 0. The average Bonchev–Trinajstić information content (AvgIpc) is 2.49. The van der Waals surface area contributed by atoms with Crippen molar-refractivity contribution in [2.24, 2.45) is 21.0 Å². The van der Waals surface area contributed by atoms with Crippen LogP contribution in [0, 0.1) is 0 Å². The van der Waals surface area contributed by atoms with Crippen LogP contribution in [-0.2, 0) is 0 Å². The molecule has 0 atom stereocenters. The third kappa shape index (κ3) is 4.73. The van der Waals surface area contributed by atoms with Crippen molar-refractivity contribution in [2.75, 3.05) is 0 Å². The highest BCUT2D eigenvalue weighted by Crippen LogP contribution is 1.94. The molecule has 2 aromatic rings. The second-order valence-electron chi connectivity index (χ2n) is 3.92. The van der Waals surface area contributed by atoms with Gasteiger partial charge in [-0.25, -0.2) is 5.43 Å². The number of hydrogen-bond acceptors (Lipinski definition) is 3. The van der Waals surface area contributed by atoms with Gasteiger partial charge in [-0.15, -0.1) is 5.10 Å². The summed E-state index contributed by atoms with van der Waals surface area (Å²) in [6.45, 7) is 0. The lowest BCUT2D eigenvalue weighted by Gasteiger charge is -1.96. The molecule has 5 nitrogen and oxygen atoms in total. The molecule has 0 unspecified atom stereocenters. The summed E-state index contributed by atoms with van der Waals surface area (Å²) in [5.74, 6) is 0.129. The summed E-state index contributed by atoms with van der Waals surface area (Å²) >= 11 is 0. The molecule has 5 heteroatoms. The van der Waals surface area contributed by atoms with Crippen LogP contribution in [0.15, 0.2) is 76.0 Å². The summed E-state index contributed by atoms with van der Waals surface area (Å²) in [7, 11) is 0. The Morgan fingerprint density at radius 2 is 1.40 bits per heavy atom. The van der Waals surface area contributed by atoms with Crippen molar-refractivity contribution in [3.8, 4) is 0 Å². The number of nitrogens with zero attached hydrogens (tertiary/aromatic N) is 3. The normalized spacial score (nSPS) is 12.1. The minimum Gasteiger partial charge on any atom is -0.367 e. The number of hydrazone groups is 1. The summed E-state index contributed by atoms with van der Waals surface area (Å²) in [5.41, 5.74) is 10.1. The first-order valence-electron chi connectivity index (χ1n) is 6.10. The van der Waals surface area contributed by atoms with Gasteiger partial charge in [-0.2, -0.15) is 10.2 Å². The second kappa shape index (κ2) is 7.48. The first-order chi connectivity index (χ1) is 9.84. The quantitative estimate of drug-likeness (QED) is 0.503. The molecular formula is C15H15N5. The van der Waals surface area contributed by atoms with Gasteiger partial charge in [0.15, 0.2) is 0 Å². The maximum Gasteiger partial charge on any atom is 0.234 e. The Labute approximate surface area is 117 Å². The van der Waals surface area contributed by atoms with Gasteiger partial charge >= 0.3 is 0 Å². The topological polar surface area (TPSA) is 75.1 Å². The van der Waals surface area contributed by atoms with E-state index in [1.165, 1.54) is 0 Å². The van der Waals surface area contributed by atoms with Crippen LogP contribution < -0.4 is 11.2 Å². The maximum absolute atomic E-state index is 5.61. The van der Waals surface area contributed by atoms with E-state index in [1.807, 2.05) is 60.7 Å². The van der Waals surface area contributed by atoms with Gasteiger partial charge in [0.25, 0.3) is 0 Å². The zero-order valence-corrected chi connectivity index (χ0v) is 10.8. The Morgan fingerprint density at radius 3 is 2.00 bits per heavy atom. The number of nitrogens with two attached hydrogens (primary N) is 1. The molecule has 0 saturated carbocycles. The van der Waals surface area contributed by atoms with Gasteiger partial charge in [-0.3, -0.25) is 0 Å². The summed E-state index contributed by atoms with van der Waals surface area (Å²) in [4.78, 5) is 0. The third-order valence-electron chi connectivity index (χ3n) is 2.36. The Bertz CT molecular complexity index is 603. The van der Waals surface area contributed by atoms with Crippen LogP contribution in [-0.4, -0.2) is 18.4 Å². The zero-order valence-electron chi connectivity index (χ0n) is 10.8. The van der Waals surface area contributed by atoms with Gasteiger partial charge in [0, 0.05) is 0 Å². The fraction of sp³-hybridized carbons (Fsp3) is 0. The zero-order chi connectivity index (χ0) is 14.0. The monoisotopic (exact) mass is 265 g/mol. The van der Waals surface area contributed by atoms with Crippen molar-refractivity contribution in [2.45, 2.75) is 0 Å². The molecule has 0 aliphatic rings. The van der Waals surface area contributed by atoms with E-state index >= 15 is 0 Å². The van der Waals surface area contributed by atoms with Crippen LogP contribution in [0.3, 0.4) is 0 Å². The standard InChI is InChI=1S/C15H15N5/c16-15(19-17-11-13-7-3-1-4-8-13)20-18-12-14-9-5-2-6-10-14/h1-12H,(H3,16,19,20)/b17-11-,18-12-. The SMILES string of the molecule is N/C(=N\N=C/c1ccccc1)N/N=C\c1ccccc1. The molecule has 2 aromatic carbocycles. The molecule has 0 heterocycles. The van der Waals surface area contributed by atoms with Crippen LogP contribution in [0.1, 0.15) is 11.1 Å². The minimum atomic E-state index is 0.129. The van der Waals surface area contributed by atoms with Crippen molar-refractivity contribution in [3.05, 3.63) is 71.8 Å². The van der Waals surface area contributed by atoms with Crippen molar-refractivity contribution in [3.63, 3.8) is 0 Å². The van der Waals surface area contributed by atoms with E-state index in [2.05, 4.69) is 20.7 Å².